The molecule has 1 unspecified atom stereocenters. The number of hydrogen-bond acceptors (Lipinski definition) is 6. The van der Waals surface area contributed by atoms with Gasteiger partial charge in [0.1, 0.15) is 0 Å². The second-order valence-electron chi connectivity index (χ2n) is 10.1. The van der Waals surface area contributed by atoms with E-state index >= 15 is 0 Å². The third-order valence-corrected chi connectivity index (χ3v) is 10.5. The lowest BCUT2D eigenvalue weighted by molar-refractivity contribution is -0.404. The van der Waals surface area contributed by atoms with Gasteiger partial charge in [0.2, 0.25) is 0 Å². The molecule has 0 aromatic heterocycles. The van der Waals surface area contributed by atoms with Crippen molar-refractivity contribution in [1.29, 1.82) is 0 Å². The van der Waals surface area contributed by atoms with Crippen LogP contribution in [0.15, 0.2) is 0 Å². The van der Waals surface area contributed by atoms with Crippen LogP contribution < -0.4 is 0 Å². The maximum absolute atomic E-state index is 14.4. The summed E-state index contributed by atoms with van der Waals surface area (Å²) in [5.74, 6) is -1.78. The number of ketones is 1. The van der Waals surface area contributed by atoms with E-state index in [4.69, 9.17) is 93.3 Å². The van der Waals surface area contributed by atoms with Crippen LogP contribution in [0.1, 0.15) is 77.6 Å². The summed E-state index contributed by atoms with van der Waals surface area (Å²) in [6, 6.07) is 0. The first kappa shape index (κ1) is 42.4. The fraction of sp³-hybridized carbons (Fsp3) is 0.964. The average molecular weight is 726 g/mol. The first-order valence-electron chi connectivity index (χ1n) is 14.9. The summed E-state index contributed by atoms with van der Waals surface area (Å²) in [5, 5.41) is -3.83. The van der Waals surface area contributed by atoms with Crippen LogP contribution in [-0.2, 0) is 28.5 Å². The zero-order valence-corrected chi connectivity index (χ0v) is 30.8. The van der Waals surface area contributed by atoms with Gasteiger partial charge in [0.15, 0.2) is 11.0 Å². The molecule has 0 heterocycles. The molecule has 0 radical (unpaired) electrons. The van der Waals surface area contributed by atoms with Crippen molar-refractivity contribution >= 4 is 84.2 Å². The van der Waals surface area contributed by atoms with E-state index in [2.05, 4.69) is 6.92 Å². The van der Waals surface area contributed by atoms with Crippen LogP contribution in [0.4, 0.5) is 0 Å². The van der Waals surface area contributed by atoms with Crippen LogP contribution in [-0.4, -0.2) is 93.3 Å². The lowest BCUT2D eigenvalue weighted by Crippen LogP contribution is -2.78. The lowest BCUT2D eigenvalue weighted by Gasteiger charge is -2.55. The van der Waals surface area contributed by atoms with Crippen molar-refractivity contribution < 1.29 is 28.5 Å². The Labute approximate surface area is 280 Å². The molecule has 41 heavy (non-hydrogen) atoms. The van der Waals surface area contributed by atoms with E-state index in [9.17, 15) is 4.79 Å². The number of ether oxygens (including phenoxy) is 5. The summed E-state index contributed by atoms with van der Waals surface area (Å²) in [5.41, 5.74) is 0. The molecule has 13 heteroatoms. The summed E-state index contributed by atoms with van der Waals surface area (Å²) >= 11 is 37.4. The van der Waals surface area contributed by atoms with E-state index in [-0.39, 0.29) is 74.6 Å². The highest BCUT2D eigenvalue weighted by atomic mass is 35.5. The SMILES string of the molecule is CCCCCCCCCCCCC(=O)C(OCCCl)([SiH](C)C)C(OCCCl)(OCCCl)C(Cl)(OCCCl)OCCCl. The van der Waals surface area contributed by atoms with E-state index in [1.165, 1.54) is 38.5 Å². The Morgan fingerprint density at radius 3 is 1.34 bits per heavy atom. The maximum atomic E-state index is 14.4. The largest absolute Gasteiger partial charge is 0.364 e. The molecule has 0 aliphatic carbocycles. The summed E-state index contributed by atoms with van der Waals surface area (Å²) in [6.07, 6.45) is 11.7. The Morgan fingerprint density at radius 1 is 0.585 bits per heavy atom. The molecule has 246 valence electrons. The summed E-state index contributed by atoms with van der Waals surface area (Å²) in [4.78, 5) is 14.4. The van der Waals surface area contributed by atoms with Gasteiger partial charge in [-0.05, 0) is 6.42 Å². The van der Waals surface area contributed by atoms with Crippen molar-refractivity contribution in [1.82, 2.24) is 0 Å². The van der Waals surface area contributed by atoms with E-state index in [1.54, 1.807) is 0 Å². The van der Waals surface area contributed by atoms with Gasteiger partial charge in [-0.1, -0.05) is 89.4 Å². The highest BCUT2D eigenvalue weighted by Gasteiger charge is 2.73. The van der Waals surface area contributed by atoms with Crippen LogP contribution in [0.25, 0.3) is 0 Å². The fourth-order valence-corrected chi connectivity index (χ4v) is 8.21. The monoisotopic (exact) mass is 722 g/mol. The Balaban J connectivity index is 6.35. The van der Waals surface area contributed by atoms with Gasteiger partial charge in [-0.2, -0.15) is 0 Å². The Kier molecular flexibility index (Phi) is 26.5. The topological polar surface area (TPSA) is 63.2 Å². The summed E-state index contributed by atoms with van der Waals surface area (Å²) in [7, 11) is -2.25. The van der Waals surface area contributed by atoms with E-state index in [0.29, 0.717) is 6.42 Å². The first-order valence-corrected chi connectivity index (χ1v) is 20.9. The number of hydrogen-bond donors (Lipinski definition) is 0. The number of alkyl halides is 6. The third-order valence-electron chi connectivity index (χ3n) is 6.77. The highest BCUT2D eigenvalue weighted by molar-refractivity contribution is 6.64. The van der Waals surface area contributed by atoms with Crippen molar-refractivity contribution in [3.8, 4) is 0 Å². The van der Waals surface area contributed by atoms with Crippen molar-refractivity contribution in [2.45, 2.75) is 107 Å². The van der Waals surface area contributed by atoms with Gasteiger partial charge in [0.25, 0.3) is 5.79 Å². The minimum Gasteiger partial charge on any atom is -0.364 e. The molecule has 0 aliphatic heterocycles. The second kappa shape index (κ2) is 25.6. The van der Waals surface area contributed by atoms with Gasteiger partial charge >= 0.3 is 5.25 Å². The van der Waals surface area contributed by atoms with Crippen LogP contribution in [0, 0.1) is 0 Å². The van der Waals surface area contributed by atoms with Crippen molar-refractivity contribution in [2.75, 3.05) is 62.4 Å². The predicted molar refractivity (Wildman–Crippen MR) is 178 cm³/mol. The molecule has 0 amide bonds. The number of carbonyl (C=O) groups is 1. The minimum absolute atomic E-state index is 0.0264. The van der Waals surface area contributed by atoms with Gasteiger partial charge in [-0.15, -0.1) is 58.0 Å². The van der Waals surface area contributed by atoms with Gasteiger partial charge in [0, 0.05) is 35.8 Å². The average Bonchev–Trinajstić information content (AvgIpc) is 2.96. The van der Waals surface area contributed by atoms with Crippen LogP contribution in [0.3, 0.4) is 0 Å². The molecule has 0 saturated carbocycles. The van der Waals surface area contributed by atoms with Crippen LogP contribution in [0.5, 0.6) is 0 Å². The smallest absolute Gasteiger partial charge is 0.308 e. The van der Waals surface area contributed by atoms with Crippen molar-refractivity contribution in [2.24, 2.45) is 0 Å². The molecular weight excluding hydrogens is 673 g/mol. The molecule has 0 bridgehead atoms. The van der Waals surface area contributed by atoms with Gasteiger partial charge in [0.05, 0.1) is 41.8 Å². The Hall–Kier alpha value is 1.43. The quantitative estimate of drug-likeness (QED) is 0.0321. The van der Waals surface area contributed by atoms with E-state index in [0.717, 1.165) is 19.3 Å². The third kappa shape index (κ3) is 13.8. The van der Waals surface area contributed by atoms with Crippen LogP contribution in [0.2, 0.25) is 13.1 Å². The minimum atomic E-state index is -2.25. The maximum Gasteiger partial charge on any atom is 0.308 e. The molecule has 0 spiro atoms. The molecular formula is C28H52Cl6O6Si. The summed E-state index contributed by atoms with van der Waals surface area (Å²) in [6.45, 7) is 6.08. The van der Waals surface area contributed by atoms with Gasteiger partial charge < -0.3 is 23.7 Å². The molecule has 0 rings (SSSR count). The molecule has 0 N–H and O–H groups in total. The number of carbonyl (C=O) groups excluding carboxylic acids is 1. The van der Waals surface area contributed by atoms with Gasteiger partial charge in [-0.25, -0.2) is 0 Å². The second-order valence-corrected chi connectivity index (χ2v) is 15.6. The molecule has 1 atom stereocenters. The first-order chi connectivity index (χ1) is 19.7. The Bertz CT molecular complexity index is 635. The number of unbranched alkanes of at least 4 members (excludes halogenated alkanes) is 9. The van der Waals surface area contributed by atoms with Gasteiger partial charge in [-0.3, -0.25) is 4.79 Å². The zero-order valence-electron chi connectivity index (χ0n) is 25.1. The lowest BCUT2D eigenvalue weighted by atomic mass is 9.97. The molecule has 6 nitrogen and oxygen atoms in total. The fourth-order valence-electron chi connectivity index (χ4n) is 4.97. The molecule has 0 fully saturated rings. The van der Waals surface area contributed by atoms with E-state index < -0.39 is 25.1 Å². The standard InChI is InChI=1S/C28H52Cl6O6Si/c1-4-5-6-7-8-9-10-11-12-13-14-25(35)26(41(2)3,36-20-15-29)27(37-21-16-30,38-22-17-31)28(34,39-23-18-32)40-24-19-33/h41H,4-24H2,1-3H3. The molecule has 0 aromatic rings. The van der Waals surface area contributed by atoms with Crippen molar-refractivity contribution in [3.63, 3.8) is 0 Å². The Morgan fingerprint density at radius 2 is 0.951 bits per heavy atom. The highest BCUT2D eigenvalue weighted by Crippen LogP contribution is 2.48. The number of rotatable bonds is 30. The molecule has 0 saturated heterocycles. The molecule has 0 aliphatic rings. The normalized spacial score (nSPS) is 14.1. The molecule has 0 aromatic carbocycles. The number of Topliss-reactive ketones (excluding diaryl/α,β-unsaturated/α-hetero) is 1. The van der Waals surface area contributed by atoms with Crippen LogP contribution >= 0.6 is 69.6 Å². The van der Waals surface area contributed by atoms with E-state index in [1.807, 2.05) is 13.1 Å². The van der Waals surface area contributed by atoms with Crippen molar-refractivity contribution in [3.05, 3.63) is 0 Å². The number of halogens is 6. The summed E-state index contributed by atoms with van der Waals surface area (Å²) < 4.78 is 31.2. The zero-order chi connectivity index (χ0) is 31.0. The predicted octanol–water partition coefficient (Wildman–Crippen LogP) is 8.50.